The van der Waals surface area contributed by atoms with Gasteiger partial charge in [-0.1, -0.05) is 13.8 Å². The van der Waals surface area contributed by atoms with Gasteiger partial charge in [0.15, 0.2) is 4.90 Å². The number of hydrogen-bond acceptors (Lipinski definition) is 3. The highest BCUT2D eigenvalue weighted by molar-refractivity contribution is 7.89. The SMILES string of the molecule is CC(C)CCCNS(=O)(=O)c1c(F)cc(N)cc1F. The Morgan fingerprint density at radius 2 is 1.79 bits per heavy atom. The fourth-order valence-corrected chi connectivity index (χ4v) is 2.81. The third kappa shape index (κ3) is 4.43. The number of nitrogen functional groups attached to an aromatic ring is 1. The lowest BCUT2D eigenvalue weighted by Crippen LogP contribution is -2.27. The maximum Gasteiger partial charge on any atom is 0.246 e. The molecule has 1 aromatic carbocycles. The van der Waals surface area contributed by atoms with Gasteiger partial charge in [0.05, 0.1) is 0 Å². The van der Waals surface area contributed by atoms with Crippen LogP contribution >= 0.6 is 0 Å². The molecule has 0 spiro atoms. The van der Waals surface area contributed by atoms with Crippen LogP contribution in [-0.4, -0.2) is 15.0 Å². The van der Waals surface area contributed by atoms with E-state index < -0.39 is 26.6 Å². The van der Waals surface area contributed by atoms with E-state index in [1.807, 2.05) is 13.8 Å². The Kier molecular flexibility index (Phi) is 5.25. The highest BCUT2D eigenvalue weighted by atomic mass is 32.2. The van der Waals surface area contributed by atoms with Gasteiger partial charge in [-0.2, -0.15) is 0 Å². The van der Waals surface area contributed by atoms with Crippen LogP contribution in [0.1, 0.15) is 26.7 Å². The fraction of sp³-hybridized carbons (Fsp3) is 0.500. The number of anilines is 1. The summed E-state index contributed by atoms with van der Waals surface area (Å²) in [6, 6.07) is 1.57. The minimum absolute atomic E-state index is 0.143. The van der Waals surface area contributed by atoms with E-state index in [0.29, 0.717) is 12.3 Å². The molecule has 0 saturated heterocycles. The first-order chi connectivity index (χ1) is 8.74. The topological polar surface area (TPSA) is 72.2 Å². The maximum absolute atomic E-state index is 13.5. The highest BCUT2D eigenvalue weighted by Crippen LogP contribution is 2.21. The largest absolute Gasteiger partial charge is 0.399 e. The molecule has 0 saturated carbocycles. The normalized spacial score (nSPS) is 12.1. The van der Waals surface area contributed by atoms with E-state index in [2.05, 4.69) is 4.72 Å². The molecule has 0 aliphatic carbocycles. The van der Waals surface area contributed by atoms with Gasteiger partial charge < -0.3 is 5.73 Å². The molecule has 4 nitrogen and oxygen atoms in total. The molecule has 108 valence electrons. The zero-order chi connectivity index (χ0) is 14.6. The second-order valence-corrected chi connectivity index (χ2v) is 6.45. The van der Waals surface area contributed by atoms with Crippen LogP contribution in [0.3, 0.4) is 0 Å². The molecule has 0 amide bonds. The third-order valence-electron chi connectivity index (χ3n) is 2.54. The molecule has 1 rings (SSSR count). The number of hydrogen-bond donors (Lipinski definition) is 2. The Labute approximate surface area is 112 Å². The molecule has 3 N–H and O–H groups in total. The van der Waals surface area contributed by atoms with Crippen molar-refractivity contribution in [1.29, 1.82) is 0 Å². The fourth-order valence-electron chi connectivity index (χ4n) is 1.63. The molecule has 0 aromatic heterocycles. The number of sulfonamides is 1. The number of benzene rings is 1. The summed E-state index contributed by atoms with van der Waals surface area (Å²) < 4.78 is 52.8. The first kappa shape index (κ1) is 15.8. The predicted octanol–water partition coefficient (Wildman–Crippen LogP) is 2.26. The lowest BCUT2D eigenvalue weighted by atomic mass is 10.1. The van der Waals surface area contributed by atoms with Gasteiger partial charge >= 0.3 is 0 Å². The summed E-state index contributed by atoms with van der Waals surface area (Å²) in [5, 5.41) is 0. The Morgan fingerprint density at radius 1 is 1.26 bits per heavy atom. The van der Waals surface area contributed by atoms with Gasteiger partial charge in [-0.15, -0.1) is 0 Å². The monoisotopic (exact) mass is 292 g/mol. The van der Waals surface area contributed by atoms with Crippen molar-refractivity contribution < 1.29 is 17.2 Å². The molecule has 0 heterocycles. The van der Waals surface area contributed by atoms with Gasteiger partial charge in [0.1, 0.15) is 11.6 Å². The molecular weight excluding hydrogens is 274 g/mol. The molecule has 7 heteroatoms. The van der Waals surface area contributed by atoms with Crippen molar-refractivity contribution in [3.63, 3.8) is 0 Å². The smallest absolute Gasteiger partial charge is 0.246 e. The van der Waals surface area contributed by atoms with Crippen LogP contribution in [-0.2, 0) is 10.0 Å². The molecule has 0 unspecified atom stereocenters. The van der Waals surface area contributed by atoms with Crippen molar-refractivity contribution in [2.45, 2.75) is 31.6 Å². The Morgan fingerprint density at radius 3 is 2.26 bits per heavy atom. The zero-order valence-electron chi connectivity index (χ0n) is 10.9. The first-order valence-corrected chi connectivity index (χ1v) is 7.46. The molecule has 0 atom stereocenters. The van der Waals surface area contributed by atoms with Crippen molar-refractivity contribution in [2.75, 3.05) is 12.3 Å². The lowest BCUT2D eigenvalue weighted by Gasteiger charge is -2.10. The number of nitrogens with one attached hydrogen (secondary N) is 1. The molecule has 0 fully saturated rings. The van der Waals surface area contributed by atoms with E-state index in [1.54, 1.807) is 0 Å². The minimum Gasteiger partial charge on any atom is -0.399 e. The van der Waals surface area contributed by atoms with Crippen LogP contribution in [0.4, 0.5) is 14.5 Å². The molecule has 19 heavy (non-hydrogen) atoms. The first-order valence-electron chi connectivity index (χ1n) is 5.98. The van der Waals surface area contributed by atoms with Crippen LogP contribution in [0.5, 0.6) is 0 Å². The summed E-state index contributed by atoms with van der Waals surface area (Å²) >= 11 is 0. The summed E-state index contributed by atoms with van der Waals surface area (Å²) in [5.41, 5.74) is 5.07. The van der Waals surface area contributed by atoms with E-state index in [-0.39, 0.29) is 12.2 Å². The molecule has 0 radical (unpaired) electrons. The second kappa shape index (κ2) is 6.29. The highest BCUT2D eigenvalue weighted by Gasteiger charge is 2.24. The Bertz CT molecular complexity index is 522. The molecule has 0 aliphatic rings. The molecule has 0 aliphatic heterocycles. The van der Waals surface area contributed by atoms with E-state index in [1.165, 1.54) is 0 Å². The van der Waals surface area contributed by atoms with E-state index in [0.717, 1.165) is 18.6 Å². The minimum atomic E-state index is -4.19. The summed E-state index contributed by atoms with van der Waals surface area (Å²) in [6.45, 7) is 4.16. The van der Waals surface area contributed by atoms with Crippen LogP contribution in [0.15, 0.2) is 17.0 Å². The van der Waals surface area contributed by atoms with Crippen molar-refractivity contribution >= 4 is 15.7 Å². The maximum atomic E-state index is 13.5. The van der Waals surface area contributed by atoms with Crippen molar-refractivity contribution in [3.05, 3.63) is 23.8 Å². The zero-order valence-corrected chi connectivity index (χ0v) is 11.7. The number of halogens is 2. The van der Waals surface area contributed by atoms with Gasteiger partial charge in [0.25, 0.3) is 0 Å². The summed E-state index contributed by atoms with van der Waals surface area (Å²) in [4.78, 5) is -0.980. The third-order valence-corrected chi connectivity index (χ3v) is 4.05. The predicted molar refractivity (Wildman–Crippen MR) is 70.0 cm³/mol. The molecule has 0 bridgehead atoms. The average molecular weight is 292 g/mol. The van der Waals surface area contributed by atoms with Crippen molar-refractivity contribution in [1.82, 2.24) is 4.72 Å². The summed E-state index contributed by atoms with van der Waals surface area (Å²) in [6.07, 6.45) is 1.43. The van der Waals surface area contributed by atoms with Crippen LogP contribution < -0.4 is 10.5 Å². The summed E-state index contributed by atoms with van der Waals surface area (Å²) in [7, 11) is -4.19. The van der Waals surface area contributed by atoms with E-state index in [4.69, 9.17) is 5.73 Å². The standard InChI is InChI=1S/C12H18F2N2O2S/c1-8(2)4-3-5-16-19(17,18)12-10(13)6-9(15)7-11(12)14/h6-8,16H,3-5,15H2,1-2H3. The second-order valence-electron chi connectivity index (χ2n) is 4.75. The number of rotatable bonds is 6. The summed E-state index contributed by atoms with van der Waals surface area (Å²) in [5.74, 6) is -1.93. The number of nitrogens with two attached hydrogens (primary N) is 1. The van der Waals surface area contributed by atoms with Gasteiger partial charge in [0.2, 0.25) is 10.0 Å². The molecular formula is C12H18F2N2O2S. The van der Waals surface area contributed by atoms with Crippen LogP contribution in [0.2, 0.25) is 0 Å². The average Bonchev–Trinajstić information content (AvgIpc) is 2.22. The molecule has 1 aromatic rings. The van der Waals surface area contributed by atoms with Gasteiger partial charge in [-0.05, 0) is 30.9 Å². The van der Waals surface area contributed by atoms with Crippen LogP contribution in [0.25, 0.3) is 0 Å². The van der Waals surface area contributed by atoms with Gasteiger partial charge in [-0.3, -0.25) is 0 Å². The van der Waals surface area contributed by atoms with E-state index in [9.17, 15) is 17.2 Å². The Balaban J connectivity index is 2.84. The van der Waals surface area contributed by atoms with Crippen LogP contribution in [0, 0.1) is 17.6 Å². The Hall–Kier alpha value is -1.21. The lowest BCUT2D eigenvalue weighted by molar-refractivity contribution is 0.509. The van der Waals surface area contributed by atoms with Crippen molar-refractivity contribution in [3.8, 4) is 0 Å². The van der Waals surface area contributed by atoms with Crippen molar-refractivity contribution in [2.24, 2.45) is 5.92 Å². The quantitative estimate of drug-likeness (QED) is 0.624. The van der Waals surface area contributed by atoms with E-state index >= 15 is 0 Å². The van der Waals surface area contributed by atoms with Gasteiger partial charge in [0, 0.05) is 12.2 Å². The van der Waals surface area contributed by atoms with Gasteiger partial charge in [-0.25, -0.2) is 21.9 Å².